The zero-order chi connectivity index (χ0) is 10.9. The Morgan fingerprint density at radius 2 is 1.38 bits per heavy atom. The van der Waals surface area contributed by atoms with Crippen molar-refractivity contribution in [1.82, 2.24) is 0 Å². The Labute approximate surface area is 68.5 Å². The fourth-order valence-electron chi connectivity index (χ4n) is 0.378. The van der Waals surface area contributed by atoms with E-state index in [0.717, 1.165) is 0 Å². The van der Waals surface area contributed by atoms with Gasteiger partial charge in [0.15, 0.2) is 6.67 Å². The van der Waals surface area contributed by atoms with Crippen molar-refractivity contribution in [3.05, 3.63) is 0 Å². The molecule has 0 aliphatic heterocycles. The number of halogens is 7. The van der Waals surface area contributed by atoms with E-state index in [1.54, 1.807) is 0 Å². The molecular weight excluding hydrogens is 209 g/mol. The Kier molecular flexibility index (Phi) is 3.18. The molecule has 0 heterocycles. The molecule has 0 saturated carbocycles. The molecule has 80 valence electrons. The predicted octanol–water partition coefficient (Wildman–Crippen LogP) is 2.81. The van der Waals surface area contributed by atoms with Gasteiger partial charge in [-0.1, -0.05) is 0 Å². The lowest BCUT2D eigenvalue weighted by molar-refractivity contribution is -0.426. The Morgan fingerprint density at radius 1 is 1.00 bits per heavy atom. The first-order valence-corrected chi connectivity index (χ1v) is 2.91. The first kappa shape index (κ1) is 12.5. The van der Waals surface area contributed by atoms with Crippen LogP contribution in [0.5, 0.6) is 0 Å². The molecule has 13 heavy (non-hydrogen) atoms. The van der Waals surface area contributed by atoms with Crippen LogP contribution in [0.25, 0.3) is 0 Å². The van der Waals surface area contributed by atoms with Gasteiger partial charge in [0.1, 0.15) is 0 Å². The molecule has 8 heteroatoms. The molecule has 0 aromatic rings. The van der Waals surface area contributed by atoms with Gasteiger partial charge >= 0.3 is 18.1 Å². The maximum absolute atomic E-state index is 12.0. The highest BCUT2D eigenvalue weighted by molar-refractivity contribution is 4.76. The SMILES string of the molecule is CC(F)(F)OC(F)(F)C(F)(F)CF. The molecule has 0 aliphatic rings. The fourth-order valence-corrected chi connectivity index (χ4v) is 0.378. The fraction of sp³-hybridized carbons (Fsp3) is 1.00. The van der Waals surface area contributed by atoms with Crippen LogP contribution in [0.4, 0.5) is 30.7 Å². The Morgan fingerprint density at radius 3 is 1.62 bits per heavy atom. The maximum Gasteiger partial charge on any atom is 0.426 e. The summed E-state index contributed by atoms with van der Waals surface area (Å²) in [6.07, 6.45) is -9.98. The second-order valence-corrected chi connectivity index (χ2v) is 2.26. The number of alkyl halides is 7. The van der Waals surface area contributed by atoms with E-state index in [9.17, 15) is 30.7 Å². The van der Waals surface area contributed by atoms with Crippen molar-refractivity contribution in [2.75, 3.05) is 6.67 Å². The Bertz CT molecular complexity index is 172. The minimum absolute atomic E-state index is 0.158. The van der Waals surface area contributed by atoms with Gasteiger partial charge in [-0.3, -0.25) is 4.74 Å². The summed E-state index contributed by atoms with van der Waals surface area (Å²) in [7, 11) is 0. The molecular formula is C5H5F7O. The second-order valence-electron chi connectivity index (χ2n) is 2.26. The monoisotopic (exact) mass is 214 g/mol. The zero-order valence-electron chi connectivity index (χ0n) is 6.26. The van der Waals surface area contributed by atoms with E-state index in [4.69, 9.17) is 0 Å². The van der Waals surface area contributed by atoms with Crippen LogP contribution in [0, 0.1) is 0 Å². The lowest BCUT2D eigenvalue weighted by Crippen LogP contribution is -2.47. The molecule has 0 spiro atoms. The second kappa shape index (κ2) is 3.32. The normalized spacial score (nSPS) is 14.8. The van der Waals surface area contributed by atoms with Crippen molar-refractivity contribution in [3.8, 4) is 0 Å². The van der Waals surface area contributed by atoms with Gasteiger partial charge in [-0.15, -0.1) is 0 Å². The number of rotatable bonds is 4. The summed E-state index contributed by atoms with van der Waals surface area (Å²) in [6, 6.07) is 0. The molecule has 0 saturated heterocycles. The lowest BCUT2D eigenvalue weighted by atomic mass is 10.3. The molecule has 0 unspecified atom stereocenters. The molecule has 0 aliphatic carbocycles. The van der Waals surface area contributed by atoms with Gasteiger partial charge in [0.05, 0.1) is 0 Å². The van der Waals surface area contributed by atoms with E-state index < -0.39 is 24.8 Å². The summed E-state index contributed by atoms with van der Waals surface area (Å²) < 4.78 is 84.9. The third-order valence-electron chi connectivity index (χ3n) is 0.901. The number of ether oxygens (including phenoxy) is 1. The largest absolute Gasteiger partial charge is 0.426 e. The molecule has 1 nitrogen and oxygen atoms in total. The summed E-state index contributed by atoms with van der Waals surface area (Å²) in [5.74, 6) is -5.26. The van der Waals surface area contributed by atoms with Crippen molar-refractivity contribution in [3.63, 3.8) is 0 Å². The summed E-state index contributed by atoms with van der Waals surface area (Å²) in [5, 5.41) is 0. The van der Waals surface area contributed by atoms with E-state index in [2.05, 4.69) is 4.74 Å². The van der Waals surface area contributed by atoms with Crippen LogP contribution in [-0.2, 0) is 4.74 Å². The van der Waals surface area contributed by atoms with Crippen LogP contribution in [0.15, 0.2) is 0 Å². The Balaban J connectivity index is 4.58. The maximum atomic E-state index is 12.0. The molecule has 0 rings (SSSR count). The average Bonchev–Trinajstić information content (AvgIpc) is 1.81. The molecule has 0 fully saturated rings. The average molecular weight is 214 g/mol. The summed E-state index contributed by atoms with van der Waals surface area (Å²) in [6.45, 7) is -2.94. The van der Waals surface area contributed by atoms with Gasteiger partial charge in [0.25, 0.3) is 0 Å². The van der Waals surface area contributed by atoms with Crippen LogP contribution in [0.3, 0.4) is 0 Å². The van der Waals surface area contributed by atoms with Crippen molar-refractivity contribution in [1.29, 1.82) is 0 Å². The summed E-state index contributed by atoms with van der Waals surface area (Å²) >= 11 is 0. The van der Waals surface area contributed by atoms with Crippen LogP contribution in [-0.4, -0.2) is 24.8 Å². The first-order chi connectivity index (χ1) is 5.52. The molecule has 0 aromatic carbocycles. The van der Waals surface area contributed by atoms with E-state index in [1.807, 2.05) is 0 Å². The number of hydrogen-bond donors (Lipinski definition) is 0. The smallest absolute Gasteiger partial charge is 0.251 e. The Hall–Kier alpha value is -0.530. The van der Waals surface area contributed by atoms with Crippen LogP contribution in [0.2, 0.25) is 0 Å². The first-order valence-electron chi connectivity index (χ1n) is 2.91. The van der Waals surface area contributed by atoms with E-state index in [0.29, 0.717) is 0 Å². The molecule has 0 atom stereocenters. The van der Waals surface area contributed by atoms with Crippen molar-refractivity contribution >= 4 is 0 Å². The predicted molar refractivity (Wildman–Crippen MR) is 27.6 cm³/mol. The quantitative estimate of drug-likeness (QED) is 0.654. The van der Waals surface area contributed by atoms with Crippen molar-refractivity contribution in [2.24, 2.45) is 0 Å². The number of hydrogen-bond acceptors (Lipinski definition) is 1. The van der Waals surface area contributed by atoms with Gasteiger partial charge in [-0.2, -0.15) is 26.3 Å². The van der Waals surface area contributed by atoms with E-state index in [-0.39, 0.29) is 6.92 Å². The van der Waals surface area contributed by atoms with Gasteiger partial charge in [-0.05, 0) is 0 Å². The summed E-state index contributed by atoms with van der Waals surface area (Å²) in [4.78, 5) is 0. The van der Waals surface area contributed by atoms with Crippen molar-refractivity contribution in [2.45, 2.75) is 25.1 Å². The van der Waals surface area contributed by atoms with E-state index in [1.165, 1.54) is 0 Å². The minimum atomic E-state index is -5.53. The van der Waals surface area contributed by atoms with E-state index >= 15 is 0 Å². The highest BCUT2D eigenvalue weighted by atomic mass is 19.3. The van der Waals surface area contributed by atoms with Crippen LogP contribution >= 0.6 is 0 Å². The molecule has 0 N–H and O–H groups in total. The molecule has 0 radical (unpaired) electrons. The van der Waals surface area contributed by atoms with Crippen LogP contribution in [0.1, 0.15) is 6.92 Å². The van der Waals surface area contributed by atoms with Gasteiger partial charge < -0.3 is 0 Å². The topological polar surface area (TPSA) is 9.23 Å². The molecule has 0 amide bonds. The molecule has 0 aromatic heterocycles. The molecule has 0 bridgehead atoms. The van der Waals surface area contributed by atoms with Gasteiger partial charge in [0, 0.05) is 6.92 Å². The van der Waals surface area contributed by atoms with Crippen LogP contribution < -0.4 is 0 Å². The van der Waals surface area contributed by atoms with Gasteiger partial charge in [0.2, 0.25) is 0 Å². The highest BCUT2D eigenvalue weighted by Gasteiger charge is 2.61. The van der Waals surface area contributed by atoms with Crippen molar-refractivity contribution < 1.29 is 35.5 Å². The summed E-state index contributed by atoms with van der Waals surface area (Å²) in [5.41, 5.74) is 0. The standard InChI is InChI=1S/C5H5F7O/c1-3(7,8)13-5(11,12)4(9,10)2-6/h2H2,1H3. The minimum Gasteiger partial charge on any atom is -0.251 e. The zero-order valence-corrected chi connectivity index (χ0v) is 6.26. The lowest BCUT2D eigenvalue weighted by Gasteiger charge is -2.26. The highest BCUT2D eigenvalue weighted by Crippen LogP contribution is 2.39. The third kappa shape index (κ3) is 3.37. The third-order valence-corrected chi connectivity index (χ3v) is 0.901. The van der Waals surface area contributed by atoms with Gasteiger partial charge in [-0.25, -0.2) is 4.39 Å².